The van der Waals surface area contributed by atoms with Crippen LogP contribution < -0.4 is 19.8 Å². The number of ether oxygens (including phenoxy) is 2. The van der Waals surface area contributed by atoms with Crippen LogP contribution in [0.4, 0.5) is 17.1 Å². The molecule has 4 aliphatic rings. The average molecular weight is 727 g/mol. The predicted molar refractivity (Wildman–Crippen MR) is 187 cm³/mol. The van der Waals surface area contributed by atoms with Gasteiger partial charge in [-0.3, -0.25) is 34.2 Å². The van der Waals surface area contributed by atoms with E-state index in [4.69, 9.17) is 9.47 Å². The maximum absolute atomic E-state index is 14.1. The van der Waals surface area contributed by atoms with Crippen LogP contribution in [0.2, 0.25) is 0 Å². The molecule has 3 aromatic carbocycles. The number of aromatic amines is 1. The van der Waals surface area contributed by atoms with Crippen molar-refractivity contribution in [3.8, 4) is 5.75 Å². The number of esters is 1. The van der Waals surface area contributed by atoms with Gasteiger partial charge in [0.2, 0.25) is 11.8 Å². The van der Waals surface area contributed by atoms with Crippen LogP contribution in [0, 0.1) is 39.7 Å². The van der Waals surface area contributed by atoms with Gasteiger partial charge in [-0.15, -0.1) is 11.8 Å². The molecule has 2 N–H and O–H groups in total. The van der Waals surface area contributed by atoms with Gasteiger partial charge in [0, 0.05) is 39.4 Å². The highest BCUT2D eigenvalue weighted by molar-refractivity contribution is 8.00. The lowest BCUT2D eigenvalue weighted by Gasteiger charge is -2.43. The molecule has 7 atom stereocenters. The van der Waals surface area contributed by atoms with E-state index in [2.05, 4.69) is 10.3 Å². The van der Waals surface area contributed by atoms with Crippen molar-refractivity contribution in [1.29, 1.82) is 0 Å². The molecule has 1 saturated heterocycles. The summed E-state index contributed by atoms with van der Waals surface area (Å²) in [5.74, 6) is -2.82. The summed E-state index contributed by atoms with van der Waals surface area (Å²) in [5, 5.41) is 14.7. The zero-order valence-corrected chi connectivity index (χ0v) is 28.6. The first-order chi connectivity index (χ1) is 24.6. The highest BCUT2D eigenvalue weighted by Gasteiger charge is 2.69. The van der Waals surface area contributed by atoms with Gasteiger partial charge in [0.25, 0.3) is 11.6 Å². The molecule has 51 heavy (non-hydrogen) atoms. The quantitative estimate of drug-likeness (QED) is 0.101. The second kappa shape index (κ2) is 12.8. The minimum atomic E-state index is -0.562. The maximum Gasteiger partial charge on any atom is 0.338 e. The van der Waals surface area contributed by atoms with Crippen molar-refractivity contribution >= 4 is 63.9 Å². The fourth-order valence-corrected chi connectivity index (χ4v) is 11.3. The third-order valence-electron chi connectivity index (χ3n) is 10.3. The lowest BCUT2D eigenvalue weighted by molar-refractivity contribution is -0.384. The van der Waals surface area contributed by atoms with Crippen molar-refractivity contribution in [3.05, 3.63) is 109 Å². The van der Waals surface area contributed by atoms with Gasteiger partial charge in [-0.05, 0) is 73.6 Å². The molecule has 2 bridgehead atoms. The molecule has 1 aromatic heterocycles. The molecule has 8 rings (SSSR count). The summed E-state index contributed by atoms with van der Waals surface area (Å²) in [6.07, 6.45) is 0.680. The second-order valence-corrected chi connectivity index (χ2v) is 15.1. The molecule has 0 spiro atoms. The van der Waals surface area contributed by atoms with E-state index in [0.717, 1.165) is 26.8 Å². The molecule has 3 fully saturated rings. The van der Waals surface area contributed by atoms with Crippen molar-refractivity contribution in [2.45, 2.75) is 29.5 Å². The third kappa shape index (κ3) is 5.51. The summed E-state index contributed by atoms with van der Waals surface area (Å²) in [5.41, 5.74) is 1.81. The standard InChI is InChI=1S/C36H30N4O9S2/c1-2-48-35(44)17-7-9-18(10-8-17)37-25(41)16-49-24-6-4-3-5-21(24)26-27-22-15-23(30(27)50-32-31(26)51-36(45)38-32)29-28(22)33(42)39(34(29)43)19-11-13-20(14-12-19)40(46)47/h3-14,22-23,26-30H,2,15-16H2,1H3,(H,37,41)(H,38,45)/t22-,23-,26-,27?,28?,29?,30?/m1/s1. The van der Waals surface area contributed by atoms with E-state index in [-0.39, 0.29) is 64.5 Å². The summed E-state index contributed by atoms with van der Waals surface area (Å²) < 4.78 is 11.1. The monoisotopic (exact) mass is 726 g/mol. The highest BCUT2D eigenvalue weighted by Crippen LogP contribution is 2.69. The molecule has 15 heteroatoms. The largest absolute Gasteiger partial charge is 0.483 e. The number of fused-ring (bicyclic) bond motifs is 9. The number of hydrogen-bond donors (Lipinski definition) is 2. The van der Waals surface area contributed by atoms with Crippen LogP contribution in [0.25, 0.3) is 0 Å². The fourth-order valence-electron chi connectivity index (χ4n) is 8.46. The minimum absolute atomic E-state index is 0.0681. The van der Waals surface area contributed by atoms with Crippen molar-refractivity contribution in [1.82, 2.24) is 4.98 Å². The number of hydrogen-bond acceptors (Lipinski definition) is 11. The molecule has 3 heterocycles. The number of nitrogens with zero attached hydrogens (tertiary/aromatic N) is 2. The van der Waals surface area contributed by atoms with Crippen LogP contribution in [0.1, 0.15) is 40.1 Å². The average Bonchev–Trinajstić information content (AvgIpc) is 3.86. The van der Waals surface area contributed by atoms with Gasteiger partial charge >= 0.3 is 10.8 Å². The summed E-state index contributed by atoms with van der Waals surface area (Å²) in [6.45, 7) is 1.67. The lowest BCUT2D eigenvalue weighted by atomic mass is 9.68. The number of nitro benzene ring substituents is 1. The van der Waals surface area contributed by atoms with Gasteiger partial charge in [-0.1, -0.05) is 29.5 Å². The van der Waals surface area contributed by atoms with Crippen molar-refractivity contribution < 1.29 is 33.6 Å². The maximum atomic E-state index is 14.1. The van der Waals surface area contributed by atoms with Crippen LogP contribution in [-0.2, 0) is 19.1 Å². The number of anilines is 2. The Bertz CT molecular complexity index is 2150. The Kier molecular flexibility index (Phi) is 8.26. The van der Waals surface area contributed by atoms with Crippen LogP contribution in [0.5, 0.6) is 5.75 Å². The molecule has 2 aliphatic carbocycles. The molecule has 2 aliphatic heterocycles. The van der Waals surface area contributed by atoms with Gasteiger partial charge in [-0.2, -0.15) is 0 Å². The first-order valence-corrected chi connectivity index (χ1v) is 18.1. The van der Waals surface area contributed by atoms with E-state index in [9.17, 15) is 34.1 Å². The van der Waals surface area contributed by atoms with E-state index in [1.54, 1.807) is 55.1 Å². The van der Waals surface area contributed by atoms with Gasteiger partial charge in [0.1, 0.15) is 5.75 Å². The number of nitrogens with one attached hydrogen (secondary N) is 2. The first-order valence-electron chi connectivity index (χ1n) is 16.4. The molecule has 0 radical (unpaired) electrons. The van der Waals surface area contributed by atoms with E-state index in [1.165, 1.54) is 29.2 Å². The first kappa shape index (κ1) is 32.9. The number of para-hydroxylation sites is 1. The molecule has 13 nitrogen and oxygen atoms in total. The number of rotatable bonds is 9. The van der Waals surface area contributed by atoms with Gasteiger partial charge < -0.3 is 19.8 Å². The molecular formula is C36H30N4O9S2. The SMILES string of the molecule is CCOC(=O)c1ccc(NC(=O)COc2ccccc2[C@H]2c3sc(=O)[nH]c3SC3C2[C@H]2C[C@@H]3C3C(=O)N(c4ccc([N+](=O)[O-])cc4)C(=O)C32)cc1. The normalized spacial score (nSPS) is 25.6. The topological polar surface area (TPSA) is 178 Å². The van der Waals surface area contributed by atoms with E-state index in [0.29, 0.717) is 29.1 Å². The Morgan fingerprint density at radius 3 is 2.39 bits per heavy atom. The third-order valence-corrected chi connectivity index (χ3v) is 12.9. The van der Waals surface area contributed by atoms with Gasteiger partial charge in [0.05, 0.1) is 39.6 Å². The molecular weight excluding hydrogens is 697 g/mol. The number of imide groups is 1. The van der Waals surface area contributed by atoms with Gasteiger partial charge in [0.15, 0.2) is 6.61 Å². The van der Waals surface area contributed by atoms with Crippen LogP contribution >= 0.6 is 23.1 Å². The Morgan fingerprint density at radius 2 is 1.69 bits per heavy atom. The summed E-state index contributed by atoms with van der Waals surface area (Å²) >= 11 is 2.68. The van der Waals surface area contributed by atoms with E-state index < -0.39 is 28.6 Å². The fraction of sp³-hybridized carbons (Fsp3) is 0.306. The lowest BCUT2D eigenvalue weighted by Crippen LogP contribution is -2.42. The number of carbonyl (C=O) groups is 4. The smallest absolute Gasteiger partial charge is 0.338 e. The number of non-ortho nitro benzene ring substituents is 1. The predicted octanol–water partition coefficient (Wildman–Crippen LogP) is 5.22. The number of aromatic nitrogens is 1. The van der Waals surface area contributed by atoms with Crippen molar-refractivity contribution in [2.75, 3.05) is 23.4 Å². The number of amides is 3. The van der Waals surface area contributed by atoms with E-state index in [1.807, 2.05) is 12.1 Å². The number of thioether (sulfide) groups is 1. The number of benzene rings is 3. The zero-order valence-electron chi connectivity index (χ0n) is 27.0. The minimum Gasteiger partial charge on any atom is -0.483 e. The summed E-state index contributed by atoms with van der Waals surface area (Å²) in [6, 6.07) is 19.2. The summed E-state index contributed by atoms with van der Waals surface area (Å²) in [4.78, 5) is 81.2. The second-order valence-electron chi connectivity index (χ2n) is 12.9. The molecule has 4 aromatic rings. The Balaban J connectivity index is 1.06. The Hall–Kier alpha value is -5.28. The molecule has 3 amide bonds. The number of H-pyrrole nitrogens is 1. The van der Waals surface area contributed by atoms with Crippen molar-refractivity contribution in [3.63, 3.8) is 0 Å². The van der Waals surface area contributed by atoms with Gasteiger partial charge in [-0.25, -0.2) is 4.79 Å². The molecule has 4 unspecified atom stereocenters. The highest BCUT2D eigenvalue weighted by atomic mass is 32.2. The number of thiazole rings is 1. The Morgan fingerprint density at radius 1 is 0.980 bits per heavy atom. The number of nitro groups is 1. The molecule has 2 saturated carbocycles. The van der Waals surface area contributed by atoms with Crippen molar-refractivity contribution in [2.24, 2.45) is 29.6 Å². The van der Waals surface area contributed by atoms with Crippen LogP contribution in [0.3, 0.4) is 0 Å². The van der Waals surface area contributed by atoms with Crippen LogP contribution in [-0.4, -0.2) is 52.1 Å². The zero-order chi connectivity index (χ0) is 35.6. The van der Waals surface area contributed by atoms with Crippen LogP contribution in [0.15, 0.2) is 82.6 Å². The molecule has 260 valence electrons. The van der Waals surface area contributed by atoms with E-state index >= 15 is 0 Å². The number of carbonyl (C=O) groups excluding carboxylic acids is 4. The Labute approximate surface area is 298 Å². The summed E-state index contributed by atoms with van der Waals surface area (Å²) in [7, 11) is 0.